The lowest BCUT2D eigenvalue weighted by molar-refractivity contribution is 0.182. The summed E-state index contributed by atoms with van der Waals surface area (Å²) in [4.78, 5) is 3.78. The van der Waals surface area contributed by atoms with Gasteiger partial charge >= 0.3 is 0 Å². The first kappa shape index (κ1) is 20.9. The predicted molar refractivity (Wildman–Crippen MR) is 109 cm³/mol. The second kappa shape index (κ2) is 11.4. The van der Waals surface area contributed by atoms with Gasteiger partial charge in [0, 0.05) is 12.6 Å². The molecule has 0 unspecified atom stereocenters. The summed E-state index contributed by atoms with van der Waals surface area (Å²) >= 11 is 1.64. The number of hydrogen-bond acceptors (Lipinski definition) is 3. The molecule has 0 aliphatic heterocycles. The number of thioether (sulfide) groups is 1. The molecule has 1 aliphatic rings. The number of nitrogens with zero attached hydrogens (tertiary/aromatic N) is 1. The highest BCUT2D eigenvalue weighted by atomic mass is 32.2. The maximum absolute atomic E-state index is 9.98. The van der Waals surface area contributed by atoms with Crippen molar-refractivity contribution in [2.24, 2.45) is 0 Å². The summed E-state index contributed by atoms with van der Waals surface area (Å²) in [5, 5.41) is 11.8. The van der Waals surface area contributed by atoms with Crippen LogP contribution >= 0.6 is 11.8 Å². The van der Waals surface area contributed by atoms with Crippen molar-refractivity contribution in [3.8, 4) is 5.75 Å². The molecule has 0 saturated heterocycles. The van der Waals surface area contributed by atoms with Gasteiger partial charge in [0.2, 0.25) is 0 Å². The Morgan fingerprint density at radius 1 is 1.38 bits per heavy atom. The minimum Gasteiger partial charge on any atom is -0.508 e. The Kier molecular flexibility index (Phi) is 9.89. The second-order valence-electron chi connectivity index (χ2n) is 5.92. The largest absolute Gasteiger partial charge is 0.508 e. The Labute approximate surface area is 152 Å². The molecule has 1 aromatic rings. The van der Waals surface area contributed by atoms with Crippen molar-refractivity contribution in [3.63, 3.8) is 0 Å². The van der Waals surface area contributed by atoms with Crippen molar-refractivity contribution in [3.05, 3.63) is 52.8 Å². The van der Waals surface area contributed by atoms with Crippen LogP contribution in [0.15, 0.2) is 41.7 Å². The van der Waals surface area contributed by atoms with Gasteiger partial charge < -0.3 is 5.11 Å². The number of hydrogen-bond donors (Lipinski definition) is 1. The van der Waals surface area contributed by atoms with Crippen LogP contribution in [0.3, 0.4) is 0 Å². The van der Waals surface area contributed by atoms with E-state index in [-0.39, 0.29) is 0 Å². The summed E-state index contributed by atoms with van der Waals surface area (Å²) in [5.74, 6) is 0.466. The number of benzene rings is 1. The van der Waals surface area contributed by atoms with Gasteiger partial charge in [0.15, 0.2) is 0 Å². The van der Waals surface area contributed by atoms with Crippen LogP contribution in [0.2, 0.25) is 0 Å². The average molecular weight is 348 g/mol. The van der Waals surface area contributed by atoms with Crippen molar-refractivity contribution in [2.45, 2.75) is 58.9 Å². The maximum Gasteiger partial charge on any atom is 0.119 e. The Hall–Kier alpha value is -1.19. The zero-order chi connectivity index (χ0) is 17.9. The standard InChI is InChI=1S/C19H27NOS.C2H6/c1-4-12-20(13-11-15(3)22-5-2)17-9-10-18-16(14-17)7-6-8-19(18)21;1-2/h5-8,17,21H,2-4,9-14H2,1H3;1-2H3/t17-;/m0./s1. The van der Waals surface area contributed by atoms with Crippen molar-refractivity contribution >= 4 is 11.8 Å². The summed E-state index contributed by atoms with van der Waals surface area (Å²) in [6.45, 7) is 16.3. The van der Waals surface area contributed by atoms with Gasteiger partial charge in [-0.05, 0) is 66.2 Å². The van der Waals surface area contributed by atoms with E-state index in [9.17, 15) is 5.11 Å². The summed E-state index contributed by atoms with van der Waals surface area (Å²) < 4.78 is 0. The van der Waals surface area contributed by atoms with Crippen molar-refractivity contribution in [1.82, 2.24) is 4.90 Å². The van der Waals surface area contributed by atoms with Crippen LogP contribution in [0, 0.1) is 0 Å². The highest BCUT2D eigenvalue weighted by Crippen LogP contribution is 2.31. The molecule has 24 heavy (non-hydrogen) atoms. The SMILES string of the molecule is C=CSC(=C)CCN(CCC)[C@H]1CCc2c(O)cccc2C1.CC. The van der Waals surface area contributed by atoms with Gasteiger partial charge in [-0.3, -0.25) is 4.90 Å². The summed E-state index contributed by atoms with van der Waals surface area (Å²) in [6, 6.07) is 6.51. The molecule has 0 bridgehead atoms. The topological polar surface area (TPSA) is 23.5 Å². The molecule has 2 nitrogen and oxygen atoms in total. The van der Waals surface area contributed by atoms with E-state index in [4.69, 9.17) is 0 Å². The van der Waals surface area contributed by atoms with E-state index in [1.165, 1.54) is 16.9 Å². The highest BCUT2D eigenvalue weighted by molar-refractivity contribution is 8.05. The van der Waals surface area contributed by atoms with E-state index in [1.807, 2.05) is 25.3 Å². The molecule has 0 saturated carbocycles. The molecular weight excluding hydrogens is 314 g/mol. The third kappa shape index (κ3) is 6.03. The van der Waals surface area contributed by atoms with Gasteiger partial charge in [-0.15, -0.1) is 11.8 Å². The van der Waals surface area contributed by atoms with Gasteiger partial charge in [-0.25, -0.2) is 0 Å². The lowest BCUT2D eigenvalue weighted by Crippen LogP contribution is -2.40. The molecule has 1 aromatic carbocycles. The van der Waals surface area contributed by atoms with E-state index in [0.717, 1.165) is 44.3 Å². The molecular formula is C21H33NOS. The van der Waals surface area contributed by atoms with E-state index in [2.05, 4.69) is 31.0 Å². The third-order valence-electron chi connectivity index (χ3n) is 4.39. The molecule has 1 aliphatic carbocycles. The summed E-state index contributed by atoms with van der Waals surface area (Å²) in [6.07, 6.45) is 5.34. The molecule has 0 heterocycles. The summed E-state index contributed by atoms with van der Waals surface area (Å²) in [5.41, 5.74) is 2.47. The first-order chi connectivity index (χ1) is 11.7. The normalized spacial score (nSPS) is 16.1. The van der Waals surface area contributed by atoms with Gasteiger partial charge in [0.1, 0.15) is 5.75 Å². The van der Waals surface area contributed by atoms with Crippen LogP contribution in [-0.4, -0.2) is 29.1 Å². The van der Waals surface area contributed by atoms with E-state index >= 15 is 0 Å². The van der Waals surface area contributed by atoms with E-state index < -0.39 is 0 Å². The number of aromatic hydroxyl groups is 1. The van der Waals surface area contributed by atoms with Gasteiger partial charge in [-0.1, -0.05) is 46.1 Å². The van der Waals surface area contributed by atoms with Gasteiger partial charge in [0.05, 0.1) is 0 Å². The molecule has 3 heteroatoms. The first-order valence-electron chi connectivity index (χ1n) is 9.14. The maximum atomic E-state index is 9.98. The van der Waals surface area contributed by atoms with Crippen LogP contribution in [0.5, 0.6) is 5.75 Å². The molecule has 0 fully saturated rings. The fourth-order valence-electron chi connectivity index (χ4n) is 3.29. The van der Waals surface area contributed by atoms with Crippen molar-refractivity contribution < 1.29 is 5.11 Å². The molecule has 0 amide bonds. The minimum absolute atomic E-state index is 0.466. The Morgan fingerprint density at radius 2 is 2.12 bits per heavy atom. The predicted octanol–water partition coefficient (Wildman–Crippen LogP) is 5.77. The first-order valence-corrected chi connectivity index (χ1v) is 10.0. The van der Waals surface area contributed by atoms with Crippen molar-refractivity contribution in [2.75, 3.05) is 13.1 Å². The summed E-state index contributed by atoms with van der Waals surface area (Å²) in [7, 11) is 0. The molecule has 1 atom stereocenters. The fraction of sp³-hybridized carbons (Fsp3) is 0.524. The average Bonchev–Trinajstić information content (AvgIpc) is 2.60. The molecule has 1 N–H and O–H groups in total. The number of fused-ring (bicyclic) bond motifs is 1. The lowest BCUT2D eigenvalue weighted by atomic mass is 9.86. The number of phenolic OH excluding ortho intramolecular Hbond substituents is 1. The van der Waals surface area contributed by atoms with E-state index in [0.29, 0.717) is 11.8 Å². The quantitative estimate of drug-likeness (QED) is 0.646. The molecule has 134 valence electrons. The van der Waals surface area contributed by atoms with Crippen LogP contribution in [-0.2, 0) is 12.8 Å². The Balaban J connectivity index is 0.00000139. The fourth-order valence-corrected chi connectivity index (χ4v) is 3.73. The highest BCUT2D eigenvalue weighted by Gasteiger charge is 2.25. The Bertz CT molecular complexity index is 527. The van der Waals surface area contributed by atoms with Crippen LogP contribution in [0.25, 0.3) is 0 Å². The second-order valence-corrected chi connectivity index (χ2v) is 7.07. The number of rotatable bonds is 8. The van der Waals surface area contributed by atoms with E-state index in [1.54, 1.807) is 17.8 Å². The lowest BCUT2D eigenvalue weighted by Gasteiger charge is -2.35. The smallest absolute Gasteiger partial charge is 0.119 e. The molecule has 2 rings (SSSR count). The molecule has 0 spiro atoms. The Morgan fingerprint density at radius 3 is 2.79 bits per heavy atom. The van der Waals surface area contributed by atoms with Gasteiger partial charge in [0.25, 0.3) is 0 Å². The zero-order valence-electron chi connectivity index (χ0n) is 15.6. The molecule has 0 aromatic heterocycles. The third-order valence-corrected chi connectivity index (χ3v) is 5.09. The number of phenols is 1. The van der Waals surface area contributed by atoms with Crippen LogP contribution < -0.4 is 0 Å². The van der Waals surface area contributed by atoms with Crippen molar-refractivity contribution in [1.29, 1.82) is 0 Å². The molecule has 0 radical (unpaired) electrons. The van der Waals surface area contributed by atoms with Crippen LogP contribution in [0.4, 0.5) is 0 Å². The zero-order valence-corrected chi connectivity index (χ0v) is 16.4. The minimum atomic E-state index is 0.466. The van der Waals surface area contributed by atoms with Gasteiger partial charge in [-0.2, -0.15) is 0 Å². The monoisotopic (exact) mass is 347 g/mol. The van der Waals surface area contributed by atoms with Crippen LogP contribution in [0.1, 0.15) is 51.2 Å².